The number of aliphatic hydroxyl groups excluding tert-OH is 1. The van der Waals surface area contributed by atoms with Gasteiger partial charge in [-0.1, -0.05) is 31.5 Å². The Bertz CT molecular complexity index is 557. The Morgan fingerprint density at radius 1 is 1.32 bits per heavy atom. The van der Waals surface area contributed by atoms with Crippen LogP contribution in [0.5, 0.6) is 0 Å². The van der Waals surface area contributed by atoms with Crippen LogP contribution < -0.4 is 5.32 Å². The van der Waals surface area contributed by atoms with Crippen molar-refractivity contribution in [2.45, 2.75) is 26.5 Å². The van der Waals surface area contributed by atoms with E-state index in [1.54, 1.807) is 6.20 Å². The molecule has 0 saturated heterocycles. The topological polar surface area (TPSA) is 45.1 Å². The van der Waals surface area contributed by atoms with Gasteiger partial charge in [0.25, 0.3) is 0 Å². The van der Waals surface area contributed by atoms with E-state index in [0.717, 1.165) is 16.5 Å². The number of nitrogens with zero attached hydrogens (tertiary/aromatic N) is 1. The summed E-state index contributed by atoms with van der Waals surface area (Å²) in [5, 5.41) is 14.7. The summed E-state index contributed by atoms with van der Waals surface area (Å²) >= 11 is 6.15. The molecule has 3 nitrogen and oxygen atoms in total. The van der Waals surface area contributed by atoms with Crippen LogP contribution in [0.3, 0.4) is 0 Å². The Labute approximate surface area is 118 Å². The summed E-state index contributed by atoms with van der Waals surface area (Å²) in [6.45, 7) is 5.26. The van der Waals surface area contributed by atoms with Gasteiger partial charge in [-0.25, -0.2) is 0 Å². The Morgan fingerprint density at radius 2 is 2.11 bits per heavy atom. The number of pyridine rings is 1. The summed E-state index contributed by atoms with van der Waals surface area (Å²) in [6, 6.07) is 7.72. The molecule has 0 aliphatic heterocycles. The van der Waals surface area contributed by atoms with Crippen LogP contribution in [0.4, 0.5) is 0 Å². The highest BCUT2D eigenvalue weighted by atomic mass is 35.5. The van der Waals surface area contributed by atoms with Gasteiger partial charge in [0, 0.05) is 29.7 Å². The van der Waals surface area contributed by atoms with Crippen LogP contribution in [0.1, 0.15) is 19.4 Å². The van der Waals surface area contributed by atoms with Crippen LogP contribution >= 0.6 is 11.6 Å². The predicted octanol–water partition coefficient (Wildman–Crippen LogP) is 2.99. The van der Waals surface area contributed by atoms with E-state index in [2.05, 4.69) is 10.3 Å². The van der Waals surface area contributed by atoms with Crippen molar-refractivity contribution in [1.82, 2.24) is 10.3 Å². The first kappa shape index (κ1) is 14.3. The molecule has 1 heterocycles. The van der Waals surface area contributed by atoms with Gasteiger partial charge in [-0.05, 0) is 29.7 Å². The molecule has 0 bridgehead atoms. The van der Waals surface area contributed by atoms with E-state index in [4.69, 9.17) is 11.6 Å². The van der Waals surface area contributed by atoms with Gasteiger partial charge >= 0.3 is 0 Å². The van der Waals surface area contributed by atoms with Gasteiger partial charge in [0.2, 0.25) is 0 Å². The summed E-state index contributed by atoms with van der Waals surface area (Å²) in [5.41, 5.74) is 2.01. The molecule has 1 atom stereocenters. The fourth-order valence-electron chi connectivity index (χ4n) is 1.93. The Morgan fingerprint density at radius 3 is 2.84 bits per heavy atom. The van der Waals surface area contributed by atoms with Crippen LogP contribution in [0.15, 0.2) is 30.5 Å². The van der Waals surface area contributed by atoms with Gasteiger partial charge in [-0.2, -0.15) is 0 Å². The van der Waals surface area contributed by atoms with Crippen molar-refractivity contribution in [3.05, 3.63) is 41.0 Å². The second kappa shape index (κ2) is 6.33. The number of hydrogen-bond donors (Lipinski definition) is 2. The van der Waals surface area contributed by atoms with E-state index in [1.165, 1.54) is 0 Å². The molecule has 0 fully saturated rings. The largest absolute Gasteiger partial charge is 0.392 e. The molecule has 0 aliphatic rings. The summed E-state index contributed by atoms with van der Waals surface area (Å²) in [4.78, 5) is 4.39. The zero-order valence-corrected chi connectivity index (χ0v) is 12.0. The average Bonchev–Trinajstić information content (AvgIpc) is 2.41. The fraction of sp³-hybridized carbons (Fsp3) is 0.400. The normalized spacial score (nSPS) is 13.1. The molecule has 19 heavy (non-hydrogen) atoms. The highest BCUT2D eigenvalue weighted by molar-refractivity contribution is 6.35. The van der Waals surface area contributed by atoms with E-state index in [1.807, 2.05) is 38.1 Å². The number of hydrogen-bond acceptors (Lipinski definition) is 3. The maximum atomic E-state index is 9.76. The number of rotatable bonds is 5. The zero-order chi connectivity index (χ0) is 13.8. The molecular weight excluding hydrogens is 260 g/mol. The lowest BCUT2D eigenvalue weighted by molar-refractivity contribution is 0.123. The summed E-state index contributed by atoms with van der Waals surface area (Å²) < 4.78 is 0. The number of aliphatic hydroxyl groups is 1. The Balaban J connectivity index is 2.11. The minimum Gasteiger partial charge on any atom is -0.392 e. The number of benzene rings is 1. The van der Waals surface area contributed by atoms with Gasteiger partial charge in [0.1, 0.15) is 0 Å². The molecular formula is C15H19ClN2O. The molecule has 0 saturated carbocycles. The lowest BCUT2D eigenvalue weighted by Gasteiger charge is -2.15. The van der Waals surface area contributed by atoms with Crippen molar-refractivity contribution < 1.29 is 5.11 Å². The van der Waals surface area contributed by atoms with Crippen molar-refractivity contribution in [2.75, 3.05) is 6.54 Å². The highest BCUT2D eigenvalue weighted by Gasteiger charge is 2.09. The van der Waals surface area contributed by atoms with Gasteiger partial charge in [0.05, 0.1) is 11.6 Å². The third-order valence-corrected chi connectivity index (χ3v) is 3.57. The zero-order valence-electron chi connectivity index (χ0n) is 11.2. The SMILES string of the molecule is CC(C)C(O)CNCc1ccc(Cl)c2cccnc12. The molecule has 0 radical (unpaired) electrons. The van der Waals surface area contributed by atoms with Crippen molar-refractivity contribution in [2.24, 2.45) is 5.92 Å². The fourth-order valence-corrected chi connectivity index (χ4v) is 2.14. The van der Waals surface area contributed by atoms with Crippen molar-refractivity contribution >= 4 is 22.5 Å². The van der Waals surface area contributed by atoms with E-state index < -0.39 is 0 Å². The molecule has 1 aromatic heterocycles. The van der Waals surface area contributed by atoms with Crippen LogP contribution in [0.2, 0.25) is 5.02 Å². The highest BCUT2D eigenvalue weighted by Crippen LogP contribution is 2.24. The number of aromatic nitrogens is 1. The van der Waals surface area contributed by atoms with Gasteiger partial charge in [-0.3, -0.25) is 4.98 Å². The van der Waals surface area contributed by atoms with Crippen molar-refractivity contribution in [3.63, 3.8) is 0 Å². The van der Waals surface area contributed by atoms with Crippen molar-refractivity contribution in [3.8, 4) is 0 Å². The van der Waals surface area contributed by atoms with Gasteiger partial charge in [-0.15, -0.1) is 0 Å². The third kappa shape index (κ3) is 3.44. The minimum atomic E-state index is -0.327. The molecule has 2 N–H and O–H groups in total. The van der Waals surface area contributed by atoms with Crippen LogP contribution in [0, 0.1) is 5.92 Å². The number of halogens is 1. The molecule has 0 spiro atoms. The molecule has 4 heteroatoms. The minimum absolute atomic E-state index is 0.257. The van der Waals surface area contributed by atoms with Gasteiger partial charge in [0.15, 0.2) is 0 Å². The molecule has 1 unspecified atom stereocenters. The Kier molecular flexibility index (Phi) is 4.75. The molecule has 0 aliphatic carbocycles. The maximum Gasteiger partial charge on any atom is 0.0761 e. The second-order valence-corrected chi connectivity index (χ2v) is 5.46. The second-order valence-electron chi connectivity index (χ2n) is 5.05. The third-order valence-electron chi connectivity index (χ3n) is 3.24. The standard InChI is InChI=1S/C15H19ClN2O/c1-10(2)14(19)9-17-8-11-5-6-13(16)12-4-3-7-18-15(11)12/h3-7,10,14,17,19H,8-9H2,1-2H3. The van der Waals surface area contributed by atoms with Crippen LogP contribution in [0.25, 0.3) is 10.9 Å². The lowest BCUT2D eigenvalue weighted by atomic mass is 10.1. The molecule has 102 valence electrons. The molecule has 0 amide bonds. The first-order valence-electron chi connectivity index (χ1n) is 6.50. The van der Waals surface area contributed by atoms with Crippen molar-refractivity contribution in [1.29, 1.82) is 0 Å². The van der Waals surface area contributed by atoms with Crippen LogP contribution in [-0.4, -0.2) is 22.7 Å². The van der Waals surface area contributed by atoms with E-state index in [0.29, 0.717) is 18.1 Å². The first-order chi connectivity index (χ1) is 9.09. The predicted molar refractivity (Wildman–Crippen MR) is 79.3 cm³/mol. The summed E-state index contributed by atoms with van der Waals surface area (Å²) in [6.07, 6.45) is 1.44. The average molecular weight is 279 g/mol. The van der Waals surface area contributed by atoms with Crippen LogP contribution in [-0.2, 0) is 6.54 Å². The number of fused-ring (bicyclic) bond motifs is 1. The summed E-state index contributed by atoms with van der Waals surface area (Å²) in [7, 11) is 0. The van der Waals surface area contributed by atoms with E-state index in [-0.39, 0.29) is 12.0 Å². The quantitative estimate of drug-likeness (QED) is 0.884. The molecule has 1 aromatic carbocycles. The smallest absolute Gasteiger partial charge is 0.0761 e. The van der Waals surface area contributed by atoms with E-state index >= 15 is 0 Å². The maximum absolute atomic E-state index is 9.76. The van der Waals surface area contributed by atoms with Gasteiger partial charge < -0.3 is 10.4 Å². The Hall–Kier alpha value is -1.16. The van der Waals surface area contributed by atoms with E-state index in [9.17, 15) is 5.11 Å². The lowest BCUT2D eigenvalue weighted by Crippen LogP contribution is -2.30. The summed E-state index contributed by atoms with van der Waals surface area (Å²) in [5.74, 6) is 0.257. The number of nitrogens with one attached hydrogen (secondary N) is 1. The monoisotopic (exact) mass is 278 g/mol. The first-order valence-corrected chi connectivity index (χ1v) is 6.88. The molecule has 2 aromatic rings. The molecule has 2 rings (SSSR count).